The highest BCUT2D eigenvalue weighted by Crippen LogP contribution is 2.05. The fourth-order valence-corrected chi connectivity index (χ4v) is 0.873. The molecule has 5 N–H and O–H groups in total. The SMILES string of the molecule is C[C@@]1(/C=N/NC(N)=O)NC(=O)NC1=O. The summed E-state index contributed by atoms with van der Waals surface area (Å²) >= 11 is 0. The van der Waals surface area contributed by atoms with E-state index >= 15 is 0 Å². The molecule has 0 bridgehead atoms. The molecule has 0 aromatic carbocycles. The molecule has 5 amide bonds. The van der Waals surface area contributed by atoms with Gasteiger partial charge in [-0.2, -0.15) is 5.10 Å². The molecule has 1 aliphatic heterocycles. The van der Waals surface area contributed by atoms with Gasteiger partial charge in [0.1, 0.15) is 0 Å². The van der Waals surface area contributed by atoms with Crippen molar-refractivity contribution in [3.8, 4) is 0 Å². The van der Waals surface area contributed by atoms with E-state index in [-0.39, 0.29) is 0 Å². The molecule has 76 valence electrons. The van der Waals surface area contributed by atoms with Crippen molar-refractivity contribution in [2.75, 3.05) is 0 Å². The maximum Gasteiger partial charge on any atom is 0.332 e. The fourth-order valence-electron chi connectivity index (χ4n) is 0.873. The van der Waals surface area contributed by atoms with Gasteiger partial charge in [-0.05, 0) is 6.92 Å². The molecule has 1 fully saturated rings. The monoisotopic (exact) mass is 199 g/mol. The zero-order chi connectivity index (χ0) is 10.8. The van der Waals surface area contributed by atoms with Crippen LogP contribution in [-0.4, -0.2) is 29.7 Å². The van der Waals surface area contributed by atoms with Crippen molar-refractivity contribution >= 4 is 24.2 Å². The number of nitrogens with two attached hydrogens (primary N) is 1. The van der Waals surface area contributed by atoms with Crippen molar-refractivity contribution in [2.45, 2.75) is 12.5 Å². The van der Waals surface area contributed by atoms with Crippen molar-refractivity contribution in [1.29, 1.82) is 0 Å². The van der Waals surface area contributed by atoms with Crippen molar-refractivity contribution in [2.24, 2.45) is 10.8 Å². The number of nitrogens with one attached hydrogen (secondary N) is 3. The number of hydrazone groups is 1. The summed E-state index contributed by atoms with van der Waals surface area (Å²) in [5.41, 5.74) is 5.39. The van der Waals surface area contributed by atoms with Crippen molar-refractivity contribution in [1.82, 2.24) is 16.1 Å². The Bertz CT molecular complexity index is 325. The van der Waals surface area contributed by atoms with Gasteiger partial charge in [-0.1, -0.05) is 0 Å². The quantitative estimate of drug-likeness (QED) is 0.239. The number of urea groups is 2. The van der Waals surface area contributed by atoms with Gasteiger partial charge in [-0.25, -0.2) is 15.0 Å². The Morgan fingerprint density at radius 2 is 2.29 bits per heavy atom. The van der Waals surface area contributed by atoms with Crippen LogP contribution in [0.25, 0.3) is 0 Å². The highest BCUT2D eigenvalue weighted by molar-refractivity contribution is 6.16. The van der Waals surface area contributed by atoms with Crippen LogP contribution < -0.4 is 21.8 Å². The minimum atomic E-state index is -1.25. The molecule has 0 unspecified atom stereocenters. The van der Waals surface area contributed by atoms with E-state index in [1.807, 2.05) is 10.7 Å². The van der Waals surface area contributed by atoms with E-state index in [1.54, 1.807) is 0 Å². The van der Waals surface area contributed by atoms with Crippen LogP contribution in [-0.2, 0) is 4.79 Å². The topological polar surface area (TPSA) is 126 Å². The molecule has 8 heteroatoms. The van der Waals surface area contributed by atoms with E-state index in [2.05, 4.69) is 10.4 Å². The van der Waals surface area contributed by atoms with Gasteiger partial charge in [0.15, 0.2) is 5.54 Å². The largest absolute Gasteiger partial charge is 0.350 e. The van der Waals surface area contributed by atoms with Crippen molar-refractivity contribution in [3.63, 3.8) is 0 Å². The standard InChI is InChI=1S/C6H9N5O3/c1-6(2-8-11-4(7)13)3(12)9-5(14)10-6/h2H,1H3,(H3,7,11,13)(H2,9,10,12,14)/b8-2+/t6-/m0/s1. The first kappa shape index (κ1) is 9.96. The number of imide groups is 1. The lowest BCUT2D eigenvalue weighted by Gasteiger charge is -2.13. The molecule has 8 nitrogen and oxygen atoms in total. The Morgan fingerprint density at radius 1 is 1.64 bits per heavy atom. The first-order valence-corrected chi connectivity index (χ1v) is 3.67. The minimum Gasteiger partial charge on any atom is -0.350 e. The molecule has 1 saturated heterocycles. The predicted octanol–water partition coefficient (Wildman–Crippen LogP) is -1.76. The van der Waals surface area contributed by atoms with Gasteiger partial charge >= 0.3 is 12.1 Å². The zero-order valence-corrected chi connectivity index (χ0v) is 7.33. The van der Waals surface area contributed by atoms with E-state index in [0.29, 0.717) is 0 Å². The van der Waals surface area contributed by atoms with Crippen LogP contribution in [0.2, 0.25) is 0 Å². The lowest BCUT2D eigenvalue weighted by molar-refractivity contribution is -0.121. The molecular weight excluding hydrogens is 190 g/mol. The van der Waals surface area contributed by atoms with Crippen LogP contribution in [0.4, 0.5) is 9.59 Å². The number of primary amides is 1. The van der Waals surface area contributed by atoms with Crippen LogP contribution in [0.3, 0.4) is 0 Å². The third-order valence-corrected chi connectivity index (χ3v) is 1.57. The number of carbonyl (C=O) groups excluding carboxylic acids is 3. The zero-order valence-electron chi connectivity index (χ0n) is 7.33. The lowest BCUT2D eigenvalue weighted by atomic mass is 10.1. The van der Waals surface area contributed by atoms with Gasteiger partial charge in [-0.3, -0.25) is 10.1 Å². The normalized spacial score (nSPS) is 26.1. The van der Waals surface area contributed by atoms with Gasteiger partial charge < -0.3 is 11.1 Å². The molecular formula is C6H9N5O3. The highest BCUT2D eigenvalue weighted by atomic mass is 16.2. The Morgan fingerprint density at radius 3 is 2.71 bits per heavy atom. The first-order valence-electron chi connectivity index (χ1n) is 3.67. The fraction of sp³-hybridized carbons (Fsp3) is 0.333. The predicted molar refractivity (Wildman–Crippen MR) is 46.3 cm³/mol. The summed E-state index contributed by atoms with van der Waals surface area (Å²) in [6.45, 7) is 1.43. The molecule has 1 heterocycles. The second kappa shape index (κ2) is 3.32. The number of hydrogen-bond donors (Lipinski definition) is 4. The third kappa shape index (κ3) is 1.97. The molecule has 14 heavy (non-hydrogen) atoms. The number of amides is 5. The second-order valence-electron chi connectivity index (χ2n) is 2.84. The van der Waals surface area contributed by atoms with Crippen LogP contribution in [0, 0.1) is 0 Å². The summed E-state index contributed by atoms with van der Waals surface area (Å²) in [4.78, 5) is 32.1. The van der Waals surface area contributed by atoms with Gasteiger partial charge in [0.2, 0.25) is 0 Å². The van der Waals surface area contributed by atoms with E-state index in [1.165, 1.54) is 6.92 Å². The first-order chi connectivity index (χ1) is 6.44. The van der Waals surface area contributed by atoms with E-state index in [9.17, 15) is 14.4 Å². The molecule has 0 radical (unpaired) electrons. The van der Waals surface area contributed by atoms with E-state index < -0.39 is 23.5 Å². The van der Waals surface area contributed by atoms with Crippen molar-refractivity contribution in [3.05, 3.63) is 0 Å². The van der Waals surface area contributed by atoms with Gasteiger partial charge in [-0.15, -0.1) is 0 Å². The number of rotatable bonds is 2. The Balaban J connectivity index is 2.67. The summed E-state index contributed by atoms with van der Waals surface area (Å²) in [5.74, 6) is -0.544. The Kier molecular flexibility index (Phi) is 2.36. The third-order valence-electron chi connectivity index (χ3n) is 1.57. The lowest BCUT2D eigenvalue weighted by Crippen LogP contribution is -2.46. The molecule has 1 rings (SSSR count). The van der Waals surface area contributed by atoms with Gasteiger partial charge in [0.05, 0.1) is 6.21 Å². The molecule has 1 aliphatic rings. The maximum absolute atomic E-state index is 11.2. The number of nitrogens with zero attached hydrogens (tertiary/aromatic N) is 1. The maximum atomic E-state index is 11.2. The van der Waals surface area contributed by atoms with Gasteiger partial charge in [0, 0.05) is 0 Å². The Hall–Kier alpha value is -2.12. The summed E-state index contributed by atoms with van der Waals surface area (Å²) in [7, 11) is 0. The second-order valence-corrected chi connectivity index (χ2v) is 2.84. The summed E-state index contributed by atoms with van der Waals surface area (Å²) in [5, 5.41) is 7.72. The average molecular weight is 199 g/mol. The minimum absolute atomic E-state index is 0.544. The molecule has 0 aliphatic carbocycles. The molecule has 0 aromatic heterocycles. The van der Waals surface area contributed by atoms with Crippen LogP contribution in [0.5, 0.6) is 0 Å². The molecule has 0 saturated carbocycles. The average Bonchev–Trinajstić information content (AvgIpc) is 2.25. The van der Waals surface area contributed by atoms with Crippen LogP contribution in [0.15, 0.2) is 5.10 Å². The molecule has 0 aromatic rings. The smallest absolute Gasteiger partial charge is 0.332 e. The van der Waals surface area contributed by atoms with Gasteiger partial charge in [0.25, 0.3) is 5.91 Å². The molecule has 0 spiro atoms. The summed E-state index contributed by atoms with van der Waals surface area (Å²) in [6, 6.07) is -1.46. The summed E-state index contributed by atoms with van der Waals surface area (Å²) < 4.78 is 0. The number of carbonyl (C=O) groups is 3. The van der Waals surface area contributed by atoms with E-state index in [4.69, 9.17) is 5.73 Å². The van der Waals surface area contributed by atoms with Crippen LogP contribution in [0.1, 0.15) is 6.92 Å². The Labute approximate surface area is 78.9 Å². The summed E-state index contributed by atoms with van der Waals surface area (Å²) in [6.07, 6.45) is 1.08. The number of hydrogen-bond acceptors (Lipinski definition) is 4. The van der Waals surface area contributed by atoms with Crippen LogP contribution >= 0.6 is 0 Å². The van der Waals surface area contributed by atoms with Crippen molar-refractivity contribution < 1.29 is 14.4 Å². The highest BCUT2D eigenvalue weighted by Gasteiger charge is 2.40. The molecule has 1 atom stereocenters. The van der Waals surface area contributed by atoms with E-state index in [0.717, 1.165) is 6.21 Å².